The number of benzene rings is 1. The Balaban J connectivity index is 0.00000182. The highest BCUT2D eigenvalue weighted by Crippen LogP contribution is 2.34. The van der Waals surface area contributed by atoms with Gasteiger partial charge in [-0.05, 0) is 38.8 Å². The minimum atomic E-state index is -0.353. The zero-order chi connectivity index (χ0) is 17.9. The van der Waals surface area contributed by atoms with Crippen LogP contribution < -0.4 is 15.4 Å². The molecule has 0 spiro atoms. The zero-order valence-electron chi connectivity index (χ0n) is 16.4. The summed E-state index contributed by atoms with van der Waals surface area (Å²) in [5, 5.41) is 0. The number of nitrogens with two attached hydrogens (primary N) is 1. The molecular weight excluding hydrogens is 385 g/mol. The maximum atomic E-state index is 13.0. The summed E-state index contributed by atoms with van der Waals surface area (Å²) in [5.41, 5.74) is 7.20. The van der Waals surface area contributed by atoms with Crippen LogP contribution in [-0.2, 0) is 4.79 Å². The molecule has 154 valence electrons. The van der Waals surface area contributed by atoms with E-state index in [1.54, 1.807) is 0 Å². The van der Waals surface area contributed by atoms with E-state index in [1.807, 2.05) is 36.9 Å². The second kappa shape index (κ2) is 10.4. The van der Waals surface area contributed by atoms with Crippen molar-refractivity contribution in [3.63, 3.8) is 0 Å². The van der Waals surface area contributed by atoms with Gasteiger partial charge in [0.1, 0.15) is 5.75 Å². The van der Waals surface area contributed by atoms with Gasteiger partial charge in [0.15, 0.2) is 0 Å². The molecule has 7 heteroatoms. The highest BCUT2D eigenvalue weighted by atomic mass is 35.5. The van der Waals surface area contributed by atoms with E-state index in [9.17, 15) is 4.79 Å². The third kappa shape index (κ3) is 5.43. The number of ether oxygens (including phenoxy) is 1. The molecule has 2 aliphatic rings. The smallest absolute Gasteiger partial charge is 0.227 e. The minimum absolute atomic E-state index is 0. The molecule has 1 aromatic rings. The monoisotopic (exact) mass is 417 g/mol. The number of amides is 1. The summed E-state index contributed by atoms with van der Waals surface area (Å²) in [6, 6.07) is 8.15. The predicted octanol–water partition coefficient (Wildman–Crippen LogP) is 3.49. The highest BCUT2D eigenvalue weighted by molar-refractivity contribution is 5.85. The molecule has 1 aliphatic carbocycles. The molecular formula is C20H33Cl2N3O2. The van der Waals surface area contributed by atoms with Crippen LogP contribution in [0, 0.1) is 5.92 Å². The van der Waals surface area contributed by atoms with Gasteiger partial charge >= 0.3 is 0 Å². The van der Waals surface area contributed by atoms with Crippen LogP contribution in [0.2, 0.25) is 0 Å². The first-order valence-corrected chi connectivity index (χ1v) is 9.57. The summed E-state index contributed by atoms with van der Waals surface area (Å²) >= 11 is 0. The lowest BCUT2D eigenvalue weighted by Crippen LogP contribution is -2.57. The van der Waals surface area contributed by atoms with E-state index in [1.165, 1.54) is 0 Å². The lowest BCUT2D eigenvalue weighted by Gasteiger charge is -2.43. The van der Waals surface area contributed by atoms with Crippen LogP contribution in [0.1, 0.15) is 39.5 Å². The molecule has 1 aromatic carbocycles. The van der Waals surface area contributed by atoms with Crippen LogP contribution >= 0.6 is 24.8 Å². The van der Waals surface area contributed by atoms with Gasteiger partial charge in [-0.15, -0.1) is 24.8 Å². The third-order valence-corrected chi connectivity index (χ3v) is 5.65. The number of rotatable bonds is 4. The molecule has 2 unspecified atom stereocenters. The van der Waals surface area contributed by atoms with Crippen molar-refractivity contribution in [2.75, 3.05) is 37.7 Å². The molecule has 1 saturated heterocycles. The van der Waals surface area contributed by atoms with Gasteiger partial charge in [-0.3, -0.25) is 4.79 Å². The molecule has 2 N–H and O–H groups in total. The quantitative estimate of drug-likeness (QED) is 0.814. The van der Waals surface area contributed by atoms with E-state index in [2.05, 4.69) is 11.0 Å². The largest absolute Gasteiger partial charge is 0.492 e. The summed E-state index contributed by atoms with van der Waals surface area (Å²) in [4.78, 5) is 17.3. The topological polar surface area (TPSA) is 58.8 Å². The lowest BCUT2D eigenvalue weighted by atomic mass is 9.74. The molecule has 1 heterocycles. The van der Waals surface area contributed by atoms with E-state index in [0.717, 1.165) is 63.3 Å². The van der Waals surface area contributed by atoms with Crippen molar-refractivity contribution in [3.8, 4) is 5.75 Å². The molecule has 0 bridgehead atoms. The van der Waals surface area contributed by atoms with Crippen LogP contribution in [0.25, 0.3) is 0 Å². The number of nitrogens with zero attached hydrogens (tertiary/aromatic N) is 2. The maximum Gasteiger partial charge on any atom is 0.227 e. The van der Waals surface area contributed by atoms with Gasteiger partial charge in [0.05, 0.1) is 18.2 Å². The average molecular weight is 418 g/mol. The molecule has 2 fully saturated rings. The summed E-state index contributed by atoms with van der Waals surface area (Å²) in [7, 11) is 0. The minimum Gasteiger partial charge on any atom is -0.492 e. The van der Waals surface area contributed by atoms with Gasteiger partial charge < -0.3 is 20.3 Å². The fourth-order valence-corrected chi connectivity index (χ4v) is 4.15. The SMILES string of the molecule is CCOc1ccccc1N1CCN(C(=O)C2CCCCC2(C)N)CC1.Cl.Cl. The van der Waals surface area contributed by atoms with Gasteiger partial charge in [0, 0.05) is 31.7 Å². The first kappa shape index (κ1) is 23.9. The molecule has 2 atom stereocenters. The van der Waals surface area contributed by atoms with Crippen LogP contribution in [0.3, 0.4) is 0 Å². The van der Waals surface area contributed by atoms with Gasteiger partial charge in [-0.1, -0.05) is 25.0 Å². The number of halogens is 2. The number of carbonyl (C=O) groups excluding carboxylic acids is 1. The van der Waals surface area contributed by atoms with E-state index in [-0.39, 0.29) is 42.2 Å². The van der Waals surface area contributed by atoms with Crippen molar-refractivity contribution in [1.82, 2.24) is 4.90 Å². The fourth-order valence-electron chi connectivity index (χ4n) is 4.15. The molecule has 0 radical (unpaired) electrons. The molecule has 0 aromatic heterocycles. The van der Waals surface area contributed by atoms with E-state index in [0.29, 0.717) is 6.61 Å². The standard InChI is InChI=1S/C20H31N3O2.2ClH/c1-3-25-18-10-5-4-9-17(18)22-12-14-23(15-13-22)19(24)16-8-6-7-11-20(16,2)21;;/h4-5,9-10,16H,3,6-8,11-15,21H2,1-2H3;2*1H. The Morgan fingerprint density at radius 1 is 1.19 bits per heavy atom. The highest BCUT2D eigenvalue weighted by Gasteiger charge is 2.40. The summed E-state index contributed by atoms with van der Waals surface area (Å²) in [6.07, 6.45) is 4.13. The summed E-state index contributed by atoms with van der Waals surface area (Å²) < 4.78 is 5.75. The van der Waals surface area contributed by atoms with Gasteiger partial charge in [0.25, 0.3) is 0 Å². The van der Waals surface area contributed by atoms with Crippen molar-refractivity contribution >= 4 is 36.4 Å². The van der Waals surface area contributed by atoms with Crippen molar-refractivity contribution in [2.24, 2.45) is 11.7 Å². The Kier molecular flexibility index (Phi) is 9.19. The van der Waals surface area contributed by atoms with Crippen molar-refractivity contribution < 1.29 is 9.53 Å². The molecule has 1 aliphatic heterocycles. The summed E-state index contributed by atoms with van der Waals surface area (Å²) in [5.74, 6) is 1.15. The van der Waals surface area contributed by atoms with Crippen LogP contribution in [0.4, 0.5) is 5.69 Å². The second-order valence-corrected chi connectivity index (χ2v) is 7.52. The number of hydrogen-bond acceptors (Lipinski definition) is 4. The molecule has 3 rings (SSSR count). The van der Waals surface area contributed by atoms with Gasteiger partial charge in [-0.25, -0.2) is 0 Å². The first-order chi connectivity index (χ1) is 12.0. The molecule has 5 nitrogen and oxygen atoms in total. The maximum absolute atomic E-state index is 13.0. The Morgan fingerprint density at radius 3 is 2.48 bits per heavy atom. The van der Waals surface area contributed by atoms with E-state index >= 15 is 0 Å². The lowest BCUT2D eigenvalue weighted by molar-refractivity contribution is -0.139. The predicted molar refractivity (Wildman–Crippen MR) is 115 cm³/mol. The molecule has 27 heavy (non-hydrogen) atoms. The Labute approximate surface area is 175 Å². The molecule has 1 saturated carbocycles. The number of para-hydroxylation sites is 2. The van der Waals surface area contributed by atoms with Crippen molar-refractivity contribution in [3.05, 3.63) is 24.3 Å². The van der Waals surface area contributed by atoms with Crippen molar-refractivity contribution in [1.29, 1.82) is 0 Å². The third-order valence-electron chi connectivity index (χ3n) is 5.65. The summed E-state index contributed by atoms with van der Waals surface area (Å²) in [6.45, 7) is 7.89. The van der Waals surface area contributed by atoms with Gasteiger partial charge in [-0.2, -0.15) is 0 Å². The Morgan fingerprint density at radius 2 is 1.85 bits per heavy atom. The normalized spacial score (nSPS) is 25.2. The first-order valence-electron chi connectivity index (χ1n) is 9.57. The Bertz CT molecular complexity index is 605. The number of hydrogen-bond donors (Lipinski definition) is 1. The number of carbonyl (C=O) groups is 1. The number of anilines is 1. The average Bonchev–Trinajstić information content (AvgIpc) is 2.62. The van der Waals surface area contributed by atoms with E-state index in [4.69, 9.17) is 10.5 Å². The van der Waals surface area contributed by atoms with Crippen LogP contribution in [0.5, 0.6) is 5.75 Å². The Hall–Kier alpha value is -1.17. The number of piperazine rings is 1. The van der Waals surface area contributed by atoms with Crippen LogP contribution in [-0.4, -0.2) is 49.1 Å². The fraction of sp³-hybridized carbons (Fsp3) is 0.650. The second-order valence-electron chi connectivity index (χ2n) is 7.52. The van der Waals surface area contributed by atoms with Crippen molar-refractivity contribution in [2.45, 2.75) is 45.1 Å². The molecule has 1 amide bonds. The van der Waals surface area contributed by atoms with E-state index < -0.39 is 0 Å². The zero-order valence-corrected chi connectivity index (χ0v) is 18.0. The van der Waals surface area contributed by atoms with Gasteiger partial charge in [0.2, 0.25) is 5.91 Å². The van der Waals surface area contributed by atoms with Crippen LogP contribution in [0.15, 0.2) is 24.3 Å².